The van der Waals surface area contributed by atoms with Crippen LogP contribution in [-0.2, 0) is 0 Å². The van der Waals surface area contributed by atoms with Crippen molar-refractivity contribution in [3.8, 4) is 0 Å². The number of hydrogen-bond acceptors (Lipinski definition) is 2. The first-order valence-electron chi connectivity index (χ1n) is 6.15. The van der Waals surface area contributed by atoms with Crippen LogP contribution in [0.2, 0.25) is 5.02 Å². The van der Waals surface area contributed by atoms with Gasteiger partial charge in [0.25, 0.3) is 0 Å². The first-order valence-corrected chi connectivity index (χ1v) is 6.53. The Bertz CT molecular complexity index is 376. The molecule has 17 heavy (non-hydrogen) atoms. The van der Waals surface area contributed by atoms with Crippen molar-refractivity contribution in [2.75, 3.05) is 13.1 Å². The van der Waals surface area contributed by atoms with Gasteiger partial charge in [-0.3, -0.25) is 4.79 Å². The molecule has 1 rings (SSSR count). The maximum atomic E-state index is 11.8. The Kier molecular flexibility index (Phi) is 6.23. The van der Waals surface area contributed by atoms with E-state index in [1.807, 2.05) is 13.0 Å². The van der Waals surface area contributed by atoms with E-state index in [-0.39, 0.29) is 5.78 Å². The van der Waals surface area contributed by atoms with Crippen LogP contribution in [0.4, 0.5) is 0 Å². The molecule has 0 aromatic heterocycles. The van der Waals surface area contributed by atoms with Crippen LogP contribution < -0.4 is 5.32 Å². The van der Waals surface area contributed by atoms with Crippen LogP contribution >= 0.6 is 11.6 Å². The maximum Gasteiger partial charge on any atom is 0.176 e. The van der Waals surface area contributed by atoms with Crippen molar-refractivity contribution in [1.29, 1.82) is 0 Å². The molecule has 0 bridgehead atoms. The number of ketones is 1. The van der Waals surface area contributed by atoms with Gasteiger partial charge in [0.2, 0.25) is 0 Å². The first-order chi connectivity index (χ1) is 8.15. The summed E-state index contributed by atoms with van der Waals surface area (Å²) in [7, 11) is 0. The van der Waals surface area contributed by atoms with Gasteiger partial charge in [0.05, 0.1) is 6.54 Å². The van der Waals surface area contributed by atoms with Crippen molar-refractivity contribution in [2.45, 2.75) is 33.1 Å². The highest BCUT2D eigenvalue weighted by molar-refractivity contribution is 6.31. The van der Waals surface area contributed by atoms with Crippen LogP contribution in [0.15, 0.2) is 18.2 Å². The second-order valence-corrected chi connectivity index (χ2v) is 4.68. The molecule has 0 aliphatic carbocycles. The number of carbonyl (C=O) groups excluding carboxylic acids is 1. The van der Waals surface area contributed by atoms with Crippen molar-refractivity contribution in [3.63, 3.8) is 0 Å². The molecule has 0 amide bonds. The van der Waals surface area contributed by atoms with Crippen LogP contribution in [0.3, 0.4) is 0 Å². The zero-order valence-electron chi connectivity index (χ0n) is 10.6. The number of hydrogen-bond donors (Lipinski definition) is 1. The first kappa shape index (κ1) is 14.2. The van der Waals surface area contributed by atoms with Gasteiger partial charge >= 0.3 is 0 Å². The third-order valence-corrected chi connectivity index (χ3v) is 3.15. The summed E-state index contributed by atoms with van der Waals surface area (Å²) in [5.74, 6) is 0.126. The second-order valence-electron chi connectivity index (χ2n) is 4.27. The van der Waals surface area contributed by atoms with E-state index in [4.69, 9.17) is 11.6 Å². The van der Waals surface area contributed by atoms with Gasteiger partial charge in [0.15, 0.2) is 5.78 Å². The third-order valence-electron chi connectivity index (χ3n) is 2.72. The molecular formula is C14H20ClNO. The molecule has 0 aliphatic rings. The SMILES string of the molecule is CCCCCNCC(=O)c1ccc(Cl)c(C)c1. The quantitative estimate of drug-likeness (QED) is 0.594. The van der Waals surface area contributed by atoms with Crippen LogP contribution in [0.5, 0.6) is 0 Å². The Labute approximate surface area is 108 Å². The normalized spacial score (nSPS) is 10.5. The van der Waals surface area contributed by atoms with E-state index in [2.05, 4.69) is 12.2 Å². The molecule has 3 heteroatoms. The zero-order valence-corrected chi connectivity index (χ0v) is 11.3. The molecular weight excluding hydrogens is 234 g/mol. The summed E-state index contributed by atoms with van der Waals surface area (Å²) in [4.78, 5) is 11.8. The monoisotopic (exact) mass is 253 g/mol. The molecule has 0 radical (unpaired) electrons. The summed E-state index contributed by atoms with van der Waals surface area (Å²) in [6.07, 6.45) is 3.54. The summed E-state index contributed by atoms with van der Waals surface area (Å²) >= 11 is 5.92. The Morgan fingerprint density at radius 3 is 2.76 bits per heavy atom. The number of Topliss-reactive ketones (excluding diaryl/α,β-unsaturated/α-hetero) is 1. The van der Waals surface area contributed by atoms with Gasteiger partial charge in [-0.2, -0.15) is 0 Å². The van der Waals surface area contributed by atoms with Crippen LogP contribution in [0, 0.1) is 6.92 Å². The number of halogens is 1. The molecule has 0 aliphatic heterocycles. The molecule has 0 heterocycles. The van der Waals surface area contributed by atoms with Crippen molar-refractivity contribution in [3.05, 3.63) is 34.3 Å². The molecule has 2 nitrogen and oxygen atoms in total. The number of benzene rings is 1. The summed E-state index contributed by atoms with van der Waals surface area (Å²) in [6, 6.07) is 5.41. The Morgan fingerprint density at radius 2 is 2.12 bits per heavy atom. The average Bonchev–Trinajstić information content (AvgIpc) is 2.32. The van der Waals surface area contributed by atoms with Crippen molar-refractivity contribution in [1.82, 2.24) is 5.32 Å². The van der Waals surface area contributed by atoms with Gasteiger partial charge in [-0.05, 0) is 43.7 Å². The van der Waals surface area contributed by atoms with Crippen molar-refractivity contribution >= 4 is 17.4 Å². The fraction of sp³-hybridized carbons (Fsp3) is 0.500. The van der Waals surface area contributed by atoms with E-state index in [1.54, 1.807) is 12.1 Å². The van der Waals surface area contributed by atoms with E-state index in [1.165, 1.54) is 12.8 Å². The third kappa shape index (κ3) is 4.88. The largest absolute Gasteiger partial charge is 0.310 e. The minimum atomic E-state index is 0.126. The van der Waals surface area contributed by atoms with Gasteiger partial charge in [0, 0.05) is 10.6 Å². The van der Waals surface area contributed by atoms with Gasteiger partial charge in [0.1, 0.15) is 0 Å². The summed E-state index contributed by atoms with van der Waals surface area (Å²) in [5.41, 5.74) is 1.68. The fourth-order valence-electron chi connectivity index (χ4n) is 1.62. The van der Waals surface area contributed by atoms with Gasteiger partial charge in [-0.25, -0.2) is 0 Å². The van der Waals surface area contributed by atoms with E-state index < -0.39 is 0 Å². The molecule has 1 aromatic carbocycles. The molecule has 0 atom stereocenters. The van der Waals surface area contributed by atoms with Gasteiger partial charge in [-0.15, -0.1) is 0 Å². The van der Waals surface area contributed by atoms with E-state index in [0.717, 1.165) is 24.1 Å². The molecule has 94 valence electrons. The van der Waals surface area contributed by atoms with Crippen LogP contribution in [0.25, 0.3) is 0 Å². The fourth-order valence-corrected chi connectivity index (χ4v) is 1.74. The minimum absolute atomic E-state index is 0.126. The van der Waals surface area contributed by atoms with E-state index >= 15 is 0 Å². The van der Waals surface area contributed by atoms with Crippen molar-refractivity contribution in [2.24, 2.45) is 0 Å². The molecule has 0 unspecified atom stereocenters. The molecule has 0 saturated carbocycles. The van der Waals surface area contributed by atoms with E-state index in [9.17, 15) is 4.79 Å². The Balaban J connectivity index is 2.39. The predicted octanol–water partition coefficient (Wildman–Crippen LogP) is 3.61. The lowest BCUT2D eigenvalue weighted by Crippen LogP contribution is -2.24. The average molecular weight is 254 g/mol. The lowest BCUT2D eigenvalue weighted by atomic mass is 10.1. The number of unbranched alkanes of at least 4 members (excludes halogenated alkanes) is 2. The number of rotatable bonds is 7. The molecule has 1 aromatic rings. The van der Waals surface area contributed by atoms with Gasteiger partial charge in [-0.1, -0.05) is 31.4 Å². The zero-order chi connectivity index (χ0) is 12.7. The summed E-state index contributed by atoms with van der Waals surface area (Å²) in [6.45, 7) is 5.40. The lowest BCUT2D eigenvalue weighted by molar-refractivity contribution is 0.0991. The second kappa shape index (κ2) is 7.46. The maximum absolute atomic E-state index is 11.8. The van der Waals surface area contributed by atoms with Crippen LogP contribution in [0.1, 0.15) is 42.1 Å². The predicted molar refractivity (Wildman–Crippen MR) is 72.9 cm³/mol. The summed E-state index contributed by atoms with van der Waals surface area (Å²) < 4.78 is 0. The highest BCUT2D eigenvalue weighted by Crippen LogP contribution is 2.16. The molecule has 0 spiro atoms. The number of nitrogens with one attached hydrogen (secondary N) is 1. The Hall–Kier alpha value is -0.860. The Morgan fingerprint density at radius 1 is 1.35 bits per heavy atom. The molecule has 1 N–H and O–H groups in total. The standard InChI is InChI=1S/C14H20ClNO/c1-3-4-5-8-16-10-14(17)12-6-7-13(15)11(2)9-12/h6-7,9,16H,3-5,8,10H2,1-2H3. The number of carbonyl (C=O) groups is 1. The highest BCUT2D eigenvalue weighted by Gasteiger charge is 2.06. The molecule has 0 saturated heterocycles. The van der Waals surface area contributed by atoms with E-state index in [0.29, 0.717) is 11.6 Å². The van der Waals surface area contributed by atoms with Crippen LogP contribution in [-0.4, -0.2) is 18.9 Å². The molecule has 0 fully saturated rings. The summed E-state index contributed by atoms with van der Waals surface area (Å²) in [5, 5.41) is 3.88. The number of aryl methyl sites for hydroxylation is 1. The lowest BCUT2D eigenvalue weighted by Gasteiger charge is -2.05. The van der Waals surface area contributed by atoms with Crippen molar-refractivity contribution < 1.29 is 4.79 Å². The highest BCUT2D eigenvalue weighted by atomic mass is 35.5. The smallest absolute Gasteiger partial charge is 0.176 e. The minimum Gasteiger partial charge on any atom is -0.310 e. The topological polar surface area (TPSA) is 29.1 Å². The van der Waals surface area contributed by atoms with Gasteiger partial charge < -0.3 is 5.32 Å².